The van der Waals surface area contributed by atoms with E-state index in [9.17, 15) is 4.79 Å². The van der Waals surface area contributed by atoms with Crippen molar-refractivity contribution >= 4 is 5.91 Å². The largest absolute Gasteiger partial charge is 0.366 e. The molecule has 1 amide bonds. The first-order valence-electron chi connectivity index (χ1n) is 6.20. The van der Waals surface area contributed by atoms with Crippen molar-refractivity contribution in [1.82, 2.24) is 0 Å². The average Bonchev–Trinajstić information content (AvgIpc) is 2.45. The van der Waals surface area contributed by atoms with Crippen molar-refractivity contribution in [2.24, 2.45) is 5.73 Å². The fraction of sp³-hybridized carbons (Fsp3) is 0.118. The number of carbonyl (C=O) groups excluding carboxylic acids is 1. The van der Waals surface area contributed by atoms with Gasteiger partial charge in [-0.2, -0.15) is 0 Å². The molecule has 0 aliphatic carbocycles. The van der Waals surface area contributed by atoms with E-state index in [0.29, 0.717) is 5.56 Å². The van der Waals surface area contributed by atoms with Crippen LogP contribution in [0.15, 0.2) is 48.5 Å². The Morgan fingerprint density at radius 2 is 1.79 bits per heavy atom. The van der Waals surface area contributed by atoms with Gasteiger partial charge in [0.05, 0.1) is 0 Å². The van der Waals surface area contributed by atoms with E-state index in [0.717, 1.165) is 23.1 Å². The molecule has 19 heavy (non-hydrogen) atoms. The molecule has 0 aliphatic rings. The van der Waals surface area contributed by atoms with Gasteiger partial charge >= 0.3 is 0 Å². The van der Waals surface area contributed by atoms with Gasteiger partial charge in [0.1, 0.15) is 0 Å². The number of hydrogen-bond acceptors (Lipinski definition) is 1. The van der Waals surface area contributed by atoms with Crippen LogP contribution in [0.1, 0.15) is 29.3 Å². The quantitative estimate of drug-likeness (QED) is 0.816. The number of primary amides is 1. The maximum absolute atomic E-state index is 11.4. The first-order valence-corrected chi connectivity index (χ1v) is 6.20. The Bertz CT molecular complexity index is 645. The third-order valence-electron chi connectivity index (χ3n) is 2.80. The average molecular weight is 249 g/mol. The van der Waals surface area contributed by atoms with Crippen LogP contribution in [0.5, 0.6) is 0 Å². The van der Waals surface area contributed by atoms with Gasteiger partial charge < -0.3 is 5.73 Å². The minimum Gasteiger partial charge on any atom is -0.366 e. The molecule has 0 unspecified atom stereocenters. The van der Waals surface area contributed by atoms with Crippen molar-refractivity contribution in [3.63, 3.8) is 0 Å². The summed E-state index contributed by atoms with van der Waals surface area (Å²) in [7, 11) is 0. The van der Waals surface area contributed by atoms with Crippen molar-refractivity contribution in [1.29, 1.82) is 0 Å². The summed E-state index contributed by atoms with van der Waals surface area (Å²) < 4.78 is 0. The first kappa shape index (κ1) is 12.9. The van der Waals surface area contributed by atoms with Crippen LogP contribution in [-0.2, 0) is 0 Å². The van der Waals surface area contributed by atoms with Gasteiger partial charge in [0.15, 0.2) is 0 Å². The summed E-state index contributed by atoms with van der Waals surface area (Å²) in [6.45, 7) is 2.02. The second-order valence-electron chi connectivity index (χ2n) is 4.14. The maximum atomic E-state index is 11.4. The topological polar surface area (TPSA) is 43.1 Å². The number of amides is 1. The summed E-state index contributed by atoms with van der Waals surface area (Å²) in [5, 5.41) is 0. The van der Waals surface area contributed by atoms with E-state index < -0.39 is 5.91 Å². The molecular weight excluding hydrogens is 234 g/mol. The molecule has 2 heteroatoms. The van der Waals surface area contributed by atoms with E-state index in [1.54, 1.807) is 6.07 Å². The van der Waals surface area contributed by atoms with Crippen LogP contribution >= 0.6 is 0 Å². The first-order chi connectivity index (χ1) is 9.22. The van der Waals surface area contributed by atoms with Gasteiger partial charge in [-0.1, -0.05) is 49.1 Å². The molecule has 0 atom stereocenters. The Morgan fingerprint density at radius 1 is 1.11 bits per heavy atom. The van der Waals surface area contributed by atoms with E-state index in [1.807, 2.05) is 49.4 Å². The molecule has 0 saturated carbocycles. The SMILES string of the molecule is CCC#Cc1ccc(-c2ccccc2C(N)=O)cc1. The molecule has 2 N–H and O–H groups in total. The molecule has 0 heterocycles. The van der Waals surface area contributed by atoms with E-state index >= 15 is 0 Å². The van der Waals surface area contributed by atoms with Crippen LogP contribution in [0.3, 0.4) is 0 Å². The Balaban J connectivity index is 2.40. The van der Waals surface area contributed by atoms with E-state index in [4.69, 9.17) is 5.73 Å². The fourth-order valence-corrected chi connectivity index (χ4v) is 1.87. The van der Waals surface area contributed by atoms with E-state index in [1.165, 1.54) is 0 Å². The lowest BCUT2D eigenvalue weighted by molar-refractivity contribution is 0.100. The number of nitrogens with two attached hydrogens (primary N) is 1. The Hall–Kier alpha value is -2.53. The molecule has 0 bridgehead atoms. The second kappa shape index (κ2) is 5.88. The minimum absolute atomic E-state index is 0.412. The summed E-state index contributed by atoms with van der Waals surface area (Å²) in [6.07, 6.45) is 0.840. The summed E-state index contributed by atoms with van der Waals surface area (Å²) in [4.78, 5) is 11.4. The monoisotopic (exact) mass is 249 g/mol. The van der Waals surface area contributed by atoms with Crippen LogP contribution in [0.2, 0.25) is 0 Å². The Labute approximate surface area is 113 Å². The molecule has 0 spiro atoms. The fourth-order valence-electron chi connectivity index (χ4n) is 1.87. The van der Waals surface area contributed by atoms with Gasteiger partial charge in [-0.05, 0) is 29.3 Å². The zero-order valence-electron chi connectivity index (χ0n) is 10.8. The number of rotatable bonds is 2. The lowest BCUT2D eigenvalue weighted by Gasteiger charge is -2.06. The third-order valence-corrected chi connectivity index (χ3v) is 2.80. The molecule has 2 rings (SSSR count). The molecule has 94 valence electrons. The molecule has 0 aromatic heterocycles. The number of hydrogen-bond donors (Lipinski definition) is 1. The van der Waals surface area contributed by atoms with Crippen LogP contribution in [-0.4, -0.2) is 5.91 Å². The van der Waals surface area contributed by atoms with Crippen molar-refractivity contribution in [2.45, 2.75) is 13.3 Å². The molecule has 0 radical (unpaired) electrons. The molecule has 2 aromatic rings. The predicted molar refractivity (Wildman–Crippen MR) is 77.6 cm³/mol. The minimum atomic E-state index is -0.412. The summed E-state index contributed by atoms with van der Waals surface area (Å²) in [5.74, 6) is 5.69. The van der Waals surface area contributed by atoms with Crippen molar-refractivity contribution in [2.75, 3.05) is 0 Å². The highest BCUT2D eigenvalue weighted by Gasteiger charge is 2.08. The zero-order valence-corrected chi connectivity index (χ0v) is 10.8. The highest BCUT2D eigenvalue weighted by Crippen LogP contribution is 2.23. The Morgan fingerprint density at radius 3 is 2.42 bits per heavy atom. The highest BCUT2D eigenvalue weighted by molar-refractivity contribution is 5.99. The second-order valence-corrected chi connectivity index (χ2v) is 4.14. The molecule has 0 saturated heterocycles. The van der Waals surface area contributed by atoms with Crippen LogP contribution in [0.4, 0.5) is 0 Å². The van der Waals surface area contributed by atoms with Crippen molar-refractivity contribution in [3.8, 4) is 23.0 Å². The van der Waals surface area contributed by atoms with Gasteiger partial charge in [0.2, 0.25) is 5.91 Å². The molecule has 0 fully saturated rings. The lowest BCUT2D eigenvalue weighted by Crippen LogP contribution is -2.12. The van der Waals surface area contributed by atoms with Crippen LogP contribution < -0.4 is 5.73 Å². The number of benzene rings is 2. The van der Waals surface area contributed by atoms with Gasteiger partial charge in [-0.25, -0.2) is 0 Å². The predicted octanol–water partition coefficient (Wildman–Crippen LogP) is 3.21. The molecule has 0 aliphatic heterocycles. The van der Waals surface area contributed by atoms with Gasteiger partial charge in [0.25, 0.3) is 0 Å². The Kier molecular flexibility index (Phi) is 4.00. The normalized spacial score (nSPS) is 9.53. The maximum Gasteiger partial charge on any atom is 0.249 e. The van der Waals surface area contributed by atoms with Gasteiger partial charge in [-0.3, -0.25) is 4.79 Å². The molecule has 2 nitrogen and oxygen atoms in total. The number of carbonyl (C=O) groups is 1. The smallest absolute Gasteiger partial charge is 0.249 e. The third kappa shape index (κ3) is 3.02. The molecular formula is C17H15NO. The lowest BCUT2D eigenvalue weighted by atomic mass is 9.98. The van der Waals surface area contributed by atoms with Crippen LogP contribution in [0.25, 0.3) is 11.1 Å². The zero-order chi connectivity index (χ0) is 13.7. The summed E-state index contributed by atoms with van der Waals surface area (Å²) >= 11 is 0. The van der Waals surface area contributed by atoms with Gasteiger partial charge in [0, 0.05) is 17.5 Å². The highest BCUT2D eigenvalue weighted by atomic mass is 16.1. The summed E-state index contributed by atoms with van der Waals surface area (Å²) in [5.41, 5.74) is 8.72. The summed E-state index contributed by atoms with van der Waals surface area (Å²) in [6, 6.07) is 15.2. The van der Waals surface area contributed by atoms with E-state index in [-0.39, 0.29) is 0 Å². The van der Waals surface area contributed by atoms with E-state index in [2.05, 4.69) is 11.8 Å². The van der Waals surface area contributed by atoms with Gasteiger partial charge in [-0.15, -0.1) is 0 Å². The van der Waals surface area contributed by atoms with Crippen molar-refractivity contribution < 1.29 is 4.79 Å². The standard InChI is InChI=1S/C17H15NO/c1-2-3-6-13-9-11-14(12-10-13)15-7-4-5-8-16(15)17(18)19/h4-5,7-12H,2H2,1H3,(H2,18,19). The van der Waals surface area contributed by atoms with Crippen LogP contribution in [0, 0.1) is 11.8 Å². The molecule has 2 aromatic carbocycles. The van der Waals surface area contributed by atoms with Crippen molar-refractivity contribution in [3.05, 3.63) is 59.7 Å².